The number of benzene rings is 2. The van der Waals surface area contributed by atoms with Gasteiger partial charge in [0.2, 0.25) is 5.91 Å². The smallest absolute Gasteiger partial charge is 0.238 e. The number of nitrogens with one attached hydrogen (secondary N) is 1. The van der Waals surface area contributed by atoms with Crippen molar-refractivity contribution in [1.29, 1.82) is 0 Å². The van der Waals surface area contributed by atoms with Crippen molar-refractivity contribution < 1.29 is 13.6 Å². The van der Waals surface area contributed by atoms with Gasteiger partial charge in [-0.15, -0.1) is 11.3 Å². The number of amides is 1. The number of rotatable bonds is 5. The Bertz CT molecular complexity index is 848. The van der Waals surface area contributed by atoms with Crippen LogP contribution in [0.25, 0.3) is 10.2 Å². The average molecular weight is 347 g/mol. The van der Waals surface area contributed by atoms with Gasteiger partial charge in [0.05, 0.1) is 23.3 Å². The lowest BCUT2D eigenvalue weighted by Crippen LogP contribution is -2.29. The van der Waals surface area contributed by atoms with Crippen molar-refractivity contribution in [3.63, 3.8) is 0 Å². The highest BCUT2D eigenvalue weighted by Gasteiger charge is 2.11. The van der Waals surface area contributed by atoms with E-state index in [1.807, 2.05) is 29.2 Å². The number of para-hydroxylation sites is 1. The van der Waals surface area contributed by atoms with E-state index >= 15 is 0 Å². The fourth-order valence-corrected chi connectivity index (χ4v) is 3.34. The minimum atomic E-state index is -0.990. The van der Waals surface area contributed by atoms with Crippen LogP contribution in [-0.4, -0.2) is 29.4 Å². The first-order chi connectivity index (χ1) is 11.5. The minimum Gasteiger partial charge on any atom is -0.325 e. The molecule has 0 radical (unpaired) electrons. The molecule has 0 fully saturated rings. The standard InChI is InChI=1S/C17H15F2N3OS/c1-22(10-17-21-14-4-2-3-5-15(14)24-17)9-16(23)20-11-6-7-12(18)13(19)8-11/h2-8H,9-10H2,1H3,(H,20,23). The highest BCUT2D eigenvalue weighted by atomic mass is 32.1. The quantitative estimate of drug-likeness (QED) is 0.766. The van der Waals surface area contributed by atoms with Crippen LogP contribution >= 0.6 is 11.3 Å². The molecule has 1 aromatic heterocycles. The Morgan fingerprint density at radius 2 is 2.00 bits per heavy atom. The van der Waals surface area contributed by atoms with E-state index in [1.54, 1.807) is 18.4 Å². The molecule has 3 aromatic rings. The molecule has 1 heterocycles. The number of carbonyl (C=O) groups is 1. The zero-order chi connectivity index (χ0) is 17.1. The monoisotopic (exact) mass is 347 g/mol. The van der Waals surface area contributed by atoms with Crippen molar-refractivity contribution in [2.75, 3.05) is 18.9 Å². The molecule has 0 spiro atoms. The van der Waals surface area contributed by atoms with Gasteiger partial charge in [-0.25, -0.2) is 13.8 Å². The van der Waals surface area contributed by atoms with Gasteiger partial charge in [0.25, 0.3) is 0 Å². The first-order valence-electron chi connectivity index (χ1n) is 7.29. The van der Waals surface area contributed by atoms with Crippen LogP contribution < -0.4 is 5.32 Å². The van der Waals surface area contributed by atoms with Crippen LogP contribution in [0.1, 0.15) is 5.01 Å². The fourth-order valence-electron chi connectivity index (χ4n) is 2.29. The van der Waals surface area contributed by atoms with Crippen LogP contribution in [0.4, 0.5) is 14.5 Å². The molecule has 1 amide bonds. The fraction of sp³-hybridized carbons (Fsp3) is 0.176. The number of thiazole rings is 1. The molecule has 0 saturated carbocycles. The zero-order valence-electron chi connectivity index (χ0n) is 12.9. The number of fused-ring (bicyclic) bond motifs is 1. The third kappa shape index (κ3) is 3.93. The van der Waals surface area contributed by atoms with E-state index in [9.17, 15) is 13.6 Å². The number of halogens is 2. The van der Waals surface area contributed by atoms with Gasteiger partial charge in [-0.3, -0.25) is 9.69 Å². The van der Waals surface area contributed by atoms with Crippen molar-refractivity contribution in [2.45, 2.75) is 6.54 Å². The van der Waals surface area contributed by atoms with Gasteiger partial charge < -0.3 is 5.32 Å². The Morgan fingerprint density at radius 3 is 2.75 bits per heavy atom. The van der Waals surface area contributed by atoms with Crippen LogP contribution in [0, 0.1) is 11.6 Å². The Labute approximate surface area is 141 Å². The highest BCUT2D eigenvalue weighted by molar-refractivity contribution is 7.18. The molecule has 0 bridgehead atoms. The van der Waals surface area contributed by atoms with Crippen molar-refractivity contribution >= 4 is 33.1 Å². The largest absolute Gasteiger partial charge is 0.325 e. The maximum atomic E-state index is 13.1. The molecule has 0 saturated heterocycles. The third-order valence-corrected chi connectivity index (χ3v) is 4.38. The number of likely N-dealkylation sites (N-methyl/N-ethyl adjacent to an activating group) is 1. The van der Waals surface area contributed by atoms with Crippen molar-refractivity contribution in [3.8, 4) is 0 Å². The van der Waals surface area contributed by atoms with E-state index in [1.165, 1.54) is 6.07 Å². The second kappa shape index (κ2) is 7.02. The molecular weight excluding hydrogens is 332 g/mol. The molecule has 7 heteroatoms. The van der Waals surface area contributed by atoms with Crippen LogP contribution in [0.5, 0.6) is 0 Å². The number of hydrogen-bond acceptors (Lipinski definition) is 4. The molecule has 3 rings (SSSR count). The summed E-state index contributed by atoms with van der Waals surface area (Å²) in [5.41, 5.74) is 1.17. The predicted octanol–water partition coefficient (Wildman–Crippen LogP) is 3.65. The molecule has 0 aliphatic heterocycles. The predicted molar refractivity (Wildman–Crippen MR) is 90.9 cm³/mol. The summed E-state index contributed by atoms with van der Waals surface area (Å²) in [6.07, 6.45) is 0. The summed E-state index contributed by atoms with van der Waals surface area (Å²) in [5, 5.41) is 3.47. The van der Waals surface area contributed by atoms with E-state index in [4.69, 9.17) is 0 Å². The van der Waals surface area contributed by atoms with Gasteiger partial charge in [-0.1, -0.05) is 12.1 Å². The summed E-state index contributed by atoms with van der Waals surface area (Å²) in [6.45, 7) is 0.652. The molecule has 0 unspecified atom stereocenters. The number of anilines is 1. The average Bonchev–Trinajstić information content (AvgIpc) is 2.92. The molecule has 2 aromatic carbocycles. The van der Waals surface area contributed by atoms with E-state index in [0.717, 1.165) is 27.4 Å². The van der Waals surface area contributed by atoms with E-state index < -0.39 is 11.6 Å². The number of hydrogen-bond donors (Lipinski definition) is 1. The van der Waals surface area contributed by atoms with Gasteiger partial charge in [-0.2, -0.15) is 0 Å². The highest BCUT2D eigenvalue weighted by Crippen LogP contribution is 2.22. The van der Waals surface area contributed by atoms with Crippen molar-refractivity contribution in [3.05, 3.63) is 59.1 Å². The lowest BCUT2D eigenvalue weighted by Gasteiger charge is -2.14. The first kappa shape index (κ1) is 16.5. The van der Waals surface area contributed by atoms with Crippen molar-refractivity contribution in [2.24, 2.45) is 0 Å². The van der Waals surface area contributed by atoms with Gasteiger partial charge in [0.1, 0.15) is 5.01 Å². The van der Waals surface area contributed by atoms with Crippen LogP contribution in [0.2, 0.25) is 0 Å². The second-order valence-electron chi connectivity index (χ2n) is 5.42. The van der Waals surface area contributed by atoms with Crippen LogP contribution in [-0.2, 0) is 11.3 Å². The van der Waals surface area contributed by atoms with E-state index in [0.29, 0.717) is 6.54 Å². The lowest BCUT2D eigenvalue weighted by molar-refractivity contribution is -0.117. The topological polar surface area (TPSA) is 45.2 Å². The lowest BCUT2D eigenvalue weighted by atomic mass is 10.3. The molecular formula is C17H15F2N3OS. The summed E-state index contributed by atoms with van der Waals surface area (Å²) in [4.78, 5) is 18.3. The number of nitrogens with zero attached hydrogens (tertiary/aromatic N) is 2. The maximum absolute atomic E-state index is 13.1. The molecule has 0 atom stereocenters. The second-order valence-corrected chi connectivity index (χ2v) is 6.54. The SMILES string of the molecule is CN(CC(=O)Nc1ccc(F)c(F)c1)Cc1nc2ccccc2s1. The maximum Gasteiger partial charge on any atom is 0.238 e. The van der Waals surface area contributed by atoms with Gasteiger partial charge in [0.15, 0.2) is 11.6 Å². The van der Waals surface area contributed by atoms with E-state index in [-0.39, 0.29) is 18.1 Å². The van der Waals surface area contributed by atoms with E-state index in [2.05, 4.69) is 10.3 Å². The summed E-state index contributed by atoms with van der Waals surface area (Å²) in [5.74, 6) is -2.23. The Hall–Kier alpha value is -2.38. The van der Waals surface area contributed by atoms with Gasteiger partial charge in [-0.05, 0) is 31.3 Å². The summed E-state index contributed by atoms with van der Waals surface area (Å²) < 4.78 is 27.1. The number of carbonyl (C=O) groups excluding carboxylic acids is 1. The third-order valence-electron chi connectivity index (χ3n) is 3.36. The Balaban J connectivity index is 1.58. The summed E-state index contributed by atoms with van der Waals surface area (Å²) in [7, 11) is 1.80. The van der Waals surface area contributed by atoms with Gasteiger partial charge in [0, 0.05) is 11.8 Å². The summed E-state index contributed by atoms with van der Waals surface area (Å²) in [6, 6.07) is 11.1. The Morgan fingerprint density at radius 1 is 1.21 bits per heavy atom. The summed E-state index contributed by atoms with van der Waals surface area (Å²) >= 11 is 1.58. The first-order valence-corrected chi connectivity index (χ1v) is 8.11. The molecule has 1 N–H and O–H groups in total. The van der Waals surface area contributed by atoms with Gasteiger partial charge >= 0.3 is 0 Å². The van der Waals surface area contributed by atoms with Crippen molar-refractivity contribution in [1.82, 2.24) is 9.88 Å². The molecule has 4 nitrogen and oxygen atoms in total. The Kier molecular flexibility index (Phi) is 4.82. The normalized spacial score (nSPS) is 11.2. The number of aromatic nitrogens is 1. The van der Waals surface area contributed by atoms with Crippen LogP contribution in [0.15, 0.2) is 42.5 Å². The molecule has 0 aliphatic carbocycles. The molecule has 124 valence electrons. The zero-order valence-corrected chi connectivity index (χ0v) is 13.7. The molecule has 24 heavy (non-hydrogen) atoms. The molecule has 0 aliphatic rings. The minimum absolute atomic E-state index is 0.120. The van der Waals surface area contributed by atoms with Crippen LogP contribution in [0.3, 0.4) is 0 Å².